The number of benzene rings is 2. The van der Waals surface area contributed by atoms with Crippen molar-refractivity contribution in [1.29, 1.82) is 0 Å². The Balaban J connectivity index is 1.45. The van der Waals surface area contributed by atoms with Gasteiger partial charge in [-0.15, -0.1) is 10.2 Å². The number of allylic oxidation sites excluding steroid dienone is 2. The van der Waals surface area contributed by atoms with Gasteiger partial charge in [-0.2, -0.15) is 0 Å². The van der Waals surface area contributed by atoms with Gasteiger partial charge >= 0.3 is 0 Å². The number of hydrogen-bond donors (Lipinski definition) is 2. The maximum Gasteiger partial charge on any atom is 0.170 e. The molecule has 37 heavy (non-hydrogen) atoms. The number of pyridine rings is 2. The lowest BCUT2D eigenvalue weighted by Gasteiger charge is -2.38. The van der Waals surface area contributed by atoms with Crippen LogP contribution in [0.15, 0.2) is 91.1 Å². The third-order valence-electron chi connectivity index (χ3n) is 7.55. The van der Waals surface area contributed by atoms with Gasteiger partial charge < -0.3 is 5.73 Å². The number of nitrogens with zero attached hydrogens (tertiary/aromatic N) is 5. The second-order valence-corrected chi connectivity index (χ2v) is 9.90. The summed E-state index contributed by atoms with van der Waals surface area (Å²) in [6, 6.07) is 25.0. The summed E-state index contributed by atoms with van der Waals surface area (Å²) >= 11 is 0. The van der Waals surface area contributed by atoms with Crippen LogP contribution in [-0.4, -0.2) is 36.4 Å². The zero-order valence-corrected chi connectivity index (χ0v) is 20.2. The second kappa shape index (κ2) is 8.37. The largest absolute Gasteiger partial charge is 0.321 e. The summed E-state index contributed by atoms with van der Waals surface area (Å²) < 4.78 is 2.01. The maximum absolute atomic E-state index is 10.0. The lowest BCUT2D eigenvalue weighted by molar-refractivity contribution is -0.0294. The highest BCUT2D eigenvalue weighted by atomic mass is 16.5. The highest BCUT2D eigenvalue weighted by Crippen LogP contribution is 2.40. The van der Waals surface area contributed by atoms with Crippen LogP contribution < -0.4 is 5.73 Å². The molecule has 7 nitrogen and oxygen atoms in total. The van der Waals surface area contributed by atoms with Gasteiger partial charge in [0.15, 0.2) is 11.5 Å². The number of fused-ring (bicyclic) bond motifs is 3. The van der Waals surface area contributed by atoms with Crippen molar-refractivity contribution >= 4 is 22.3 Å². The van der Waals surface area contributed by atoms with Gasteiger partial charge in [0.1, 0.15) is 0 Å². The van der Waals surface area contributed by atoms with E-state index in [0.717, 1.165) is 62.5 Å². The summed E-state index contributed by atoms with van der Waals surface area (Å²) in [6.45, 7) is 0.439. The molecule has 0 radical (unpaired) electrons. The van der Waals surface area contributed by atoms with Crippen molar-refractivity contribution in [3.05, 3.63) is 103 Å². The van der Waals surface area contributed by atoms with E-state index in [-0.39, 0.29) is 5.54 Å². The quantitative estimate of drug-likeness (QED) is 0.346. The molecule has 0 unspecified atom stereocenters. The predicted molar refractivity (Wildman–Crippen MR) is 144 cm³/mol. The molecule has 0 amide bonds. The fourth-order valence-corrected chi connectivity index (χ4v) is 5.34. The normalized spacial score (nSPS) is 16.7. The Bertz CT molecular complexity index is 1700. The van der Waals surface area contributed by atoms with Crippen LogP contribution in [-0.2, 0) is 5.54 Å². The molecule has 1 saturated carbocycles. The smallest absolute Gasteiger partial charge is 0.170 e. The van der Waals surface area contributed by atoms with Gasteiger partial charge in [-0.25, -0.2) is 4.98 Å². The van der Waals surface area contributed by atoms with Crippen LogP contribution >= 0.6 is 0 Å². The summed E-state index contributed by atoms with van der Waals surface area (Å²) in [7, 11) is 0. The molecule has 7 heteroatoms. The van der Waals surface area contributed by atoms with E-state index in [4.69, 9.17) is 10.7 Å². The van der Waals surface area contributed by atoms with E-state index in [1.54, 1.807) is 6.20 Å². The molecule has 0 saturated heterocycles. The zero-order chi connectivity index (χ0) is 25.0. The molecule has 0 spiro atoms. The van der Waals surface area contributed by atoms with Gasteiger partial charge in [-0.3, -0.25) is 14.7 Å². The van der Waals surface area contributed by atoms with Crippen molar-refractivity contribution in [1.82, 2.24) is 24.6 Å². The van der Waals surface area contributed by atoms with Crippen molar-refractivity contribution < 1.29 is 5.21 Å². The standard InChI is InChI=1S/C30H26N6O/c31-30(15-5-16-30)23-11-9-21(10-12-23)28-24(20-6-2-1-3-7-20)18-26-25(32-28)13-14-27-33-34-29(36(26)27)22-8-4-17-35(37)19-22/h1-4,6-14,18-19,37H,5,15-17,31H2. The molecule has 1 aliphatic heterocycles. The van der Waals surface area contributed by atoms with Gasteiger partial charge in [0.2, 0.25) is 0 Å². The number of aromatic nitrogens is 4. The van der Waals surface area contributed by atoms with Crippen molar-refractivity contribution in [2.45, 2.75) is 24.8 Å². The van der Waals surface area contributed by atoms with Crippen LogP contribution in [0.2, 0.25) is 0 Å². The molecule has 0 bridgehead atoms. The first kappa shape index (κ1) is 21.9. The van der Waals surface area contributed by atoms with Crippen molar-refractivity contribution in [2.24, 2.45) is 5.73 Å². The van der Waals surface area contributed by atoms with Gasteiger partial charge in [0.05, 0.1) is 23.3 Å². The molecular weight excluding hydrogens is 460 g/mol. The van der Waals surface area contributed by atoms with Crippen LogP contribution in [0.5, 0.6) is 0 Å². The molecular formula is C30H26N6O. The lowest BCUT2D eigenvalue weighted by atomic mass is 9.72. The molecule has 1 fully saturated rings. The Labute approximate surface area is 214 Å². The van der Waals surface area contributed by atoms with E-state index >= 15 is 0 Å². The minimum Gasteiger partial charge on any atom is -0.321 e. The number of hydroxylamine groups is 2. The van der Waals surface area contributed by atoms with Crippen molar-refractivity contribution in [3.8, 4) is 22.4 Å². The van der Waals surface area contributed by atoms with E-state index in [1.807, 2.05) is 46.9 Å². The van der Waals surface area contributed by atoms with Crippen molar-refractivity contribution in [3.63, 3.8) is 0 Å². The second-order valence-electron chi connectivity index (χ2n) is 9.90. The Morgan fingerprint density at radius 2 is 1.70 bits per heavy atom. The molecule has 4 heterocycles. The Morgan fingerprint density at radius 1 is 0.892 bits per heavy atom. The number of hydrogen-bond acceptors (Lipinski definition) is 6. The Kier molecular flexibility index (Phi) is 4.96. The summed E-state index contributed by atoms with van der Waals surface area (Å²) in [5, 5.41) is 20.0. The first-order chi connectivity index (χ1) is 18.1. The molecule has 7 rings (SSSR count). The van der Waals surface area contributed by atoms with Crippen molar-refractivity contribution in [2.75, 3.05) is 6.54 Å². The average molecular weight is 487 g/mol. The topological polar surface area (TPSA) is 92.6 Å². The molecule has 2 aromatic carbocycles. The summed E-state index contributed by atoms with van der Waals surface area (Å²) in [6.07, 6.45) is 8.77. The van der Waals surface area contributed by atoms with Gasteiger partial charge in [0, 0.05) is 28.4 Å². The average Bonchev–Trinajstić information content (AvgIpc) is 3.36. The Hall–Kier alpha value is -4.33. The summed E-state index contributed by atoms with van der Waals surface area (Å²) in [5.41, 5.74) is 14.9. The third-order valence-corrected chi connectivity index (χ3v) is 7.55. The van der Waals surface area contributed by atoms with Crippen LogP contribution in [0.1, 0.15) is 30.7 Å². The third kappa shape index (κ3) is 3.63. The molecule has 182 valence electrons. The maximum atomic E-state index is 10.0. The SMILES string of the molecule is NC1(c2ccc(-c3nc4ccc5nnc(C6=CN(O)CC=C6)n5c4cc3-c3ccccc3)cc2)CCC1. The Morgan fingerprint density at radius 3 is 2.43 bits per heavy atom. The predicted octanol–water partition coefficient (Wildman–Crippen LogP) is 5.55. The van der Waals surface area contributed by atoms with Crippen LogP contribution in [0.3, 0.4) is 0 Å². The van der Waals surface area contributed by atoms with E-state index in [9.17, 15) is 5.21 Å². The van der Waals surface area contributed by atoms with E-state index in [2.05, 4.69) is 52.7 Å². The molecule has 1 aliphatic carbocycles. The highest BCUT2D eigenvalue weighted by molar-refractivity contribution is 5.92. The van der Waals surface area contributed by atoms with Gasteiger partial charge in [-0.05, 0) is 48.6 Å². The fourth-order valence-electron chi connectivity index (χ4n) is 5.34. The van der Waals surface area contributed by atoms with Crippen LogP contribution in [0.4, 0.5) is 0 Å². The van der Waals surface area contributed by atoms with Gasteiger partial charge in [-0.1, -0.05) is 66.7 Å². The lowest BCUT2D eigenvalue weighted by Crippen LogP contribution is -2.43. The first-order valence-corrected chi connectivity index (χ1v) is 12.6. The van der Waals surface area contributed by atoms with Crippen LogP contribution in [0.25, 0.3) is 44.6 Å². The molecule has 3 N–H and O–H groups in total. The summed E-state index contributed by atoms with van der Waals surface area (Å²) in [4.78, 5) is 5.17. The summed E-state index contributed by atoms with van der Waals surface area (Å²) in [5.74, 6) is 0.655. The van der Waals surface area contributed by atoms with E-state index in [1.165, 1.54) is 12.0 Å². The fraction of sp³-hybridized carbons (Fsp3) is 0.167. The highest BCUT2D eigenvalue weighted by Gasteiger charge is 2.34. The number of nitrogens with two attached hydrogens (primary N) is 1. The zero-order valence-electron chi connectivity index (χ0n) is 20.2. The molecule has 2 aliphatic rings. The minimum absolute atomic E-state index is 0.194. The van der Waals surface area contributed by atoms with Gasteiger partial charge in [0.25, 0.3) is 0 Å². The molecule has 3 aromatic heterocycles. The molecule has 0 atom stereocenters. The minimum atomic E-state index is -0.194. The van der Waals surface area contributed by atoms with Crippen LogP contribution in [0, 0.1) is 0 Å². The van der Waals surface area contributed by atoms with E-state index < -0.39 is 0 Å². The first-order valence-electron chi connectivity index (χ1n) is 12.6. The van der Waals surface area contributed by atoms with E-state index in [0.29, 0.717) is 12.4 Å². The molecule has 5 aromatic rings. The number of rotatable bonds is 4. The monoisotopic (exact) mass is 486 g/mol.